The molecule has 0 radical (unpaired) electrons. The van der Waals surface area contributed by atoms with Gasteiger partial charge >= 0.3 is 6.18 Å². The lowest BCUT2D eigenvalue weighted by molar-refractivity contribution is -0.141. The van der Waals surface area contributed by atoms with E-state index in [0.717, 1.165) is 25.6 Å². The van der Waals surface area contributed by atoms with Crippen LogP contribution >= 0.6 is 0 Å². The van der Waals surface area contributed by atoms with Crippen LogP contribution < -0.4 is 5.32 Å². The molecule has 1 aliphatic rings. The van der Waals surface area contributed by atoms with Crippen molar-refractivity contribution < 1.29 is 13.2 Å². The fourth-order valence-corrected chi connectivity index (χ4v) is 3.40. The van der Waals surface area contributed by atoms with Gasteiger partial charge in [0, 0.05) is 50.2 Å². The Morgan fingerprint density at radius 1 is 1.00 bits per heavy atom. The van der Waals surface area contributed by atoms with Crippen molar-refractivity contribution in [1.82, 2.24) is 19.9 Å². The molecule has 4 rings (SSSR count). The standard InChI is InChI=1S/C21H20F3N5/c22-21(23,24)18-13-19(28-20(27-18)16-5-8-25-9-6-16)26-10-12-29-11-7-15-3-1-2-4-17(15)14-29/h1-6,8-9,13H,7,10-12,14H2,(H,26,27,28). The van der Waals surface area contributed by atoms with Crippen LogP contribution in [0.25, 0.3) is 11.4 Å². The monoisotopic (exact) mass is 399 g/mol. The average Bonchev–Trinajstić information content (AvgIpc) is 2.73. The summed E-state index contributed by atoms with van der Waals surface area (Å²) in [6.45, 7) is 2.98. The van der Waals surface area contributed by atoms with Gasteiger partial charge in [-0.2, -0.15) is 13.2 Å². The van der Waals surface area contributed by atoms with Crippen LogP contribution in [0.2, 0.25) is 0 Å². The Labute approximate surface area is 166 Å². The first-order chi connectivity index (χ1) is 14.0. The van der Waals surface area contributed by atoms with E-state index in [1.54, 1.807) is 12.1 Å². The number of pyridine rings is 1. The van der Waals surface area contributed by atoms with E-state index < -0.39 is 11.9 Å². The van der Waals surface area contributed by atoms with Gasteiger partial charge in [-0.3, -0.25) is 9.88 Å². The second kappa shape index (κ2) is 8.16. The summed E-state index contributed by atoms with van der Waals surface area (Å²) < 4.78 is 39.8. The molecule has 29 heavy (non-hydrogen) atoms. The maximum atomic E-state index is 13.3. The van der Waals surface area contributed by atoms with Gasteiger partial charge in [0.05, 0.1) is 0 Å². The van der Waals surface area contributed by atoms with Gasteiger partial charge in [0.1, 0.15) is 5.82 Å². The molecular weight excluding hydrogens is 379 g/mol. The van der Waals surface area contributed by atoms with Gasteiger partial charge in [0.15, 0.2) is 11.5 Å². The van der Waals surface area contributed by atoms with E-state index >= 15 is 0 Å². The highest BCUT2D eigenvalue weighted by atomic mass is 19.4. The average molecular weight is 399 g/mol. The highest BCUT2D eigenvalue weighted by molar-refractivity contribution is 5.57. The van der Waals surface area contributed by atoms with E-state index in [-0.39, 0.29) is 11.6 Å². The number of hydrogen-bond acceptors (Lipinski definition) is 5. The maximum Gasteiger partial charge on any atom is 0.433 e. The van der Waals surface area contributed by atoms with Gasteiger partial charge in [-0.15, -0.1) is 0 Å². The van der Waals surface area contributed by atoms with Gasteiger partial charge in [-0.1, -0.05) is 24.3 Å². The summed E-state index contributed by atoms with van der Waals surface area (Å²) in [5, 5.41) is 3.03. The van der Waals surface area contributed by atoms with Crippen molar-refractivity contribution in [2.24, 2.45) is 0 Å². The molecule has 0 bridgehead atoms. The molecule has 0 spiro atoms. The SMILES string of the molecule is FC(F)(F)c1cc(NCCN2CCc3ccccc3C2)nc(-c2ccncc2)n1. The minimum absolute atomic E-state index is 0.0247. The van der Waals surface area contributed by atoms with Crippen LogP contribution in [0.5, 0.6) is 0 Å². The molecule has 3 heterocycles. The summed E-state index contributed by atoms with van der Waals surface area (Å²) in [7, 11) is 0. The number of hydrogen-bond donors (Lipinski definition) is 1. The van der Waals surface area contributed by atoms with E-state index in [4.69, 9.17) is 0 Å². The van der Waals surface area contributed by atoms with Crippen LogP contribution in [0.1, 0.15) is 16.8 Å². The summed E-state index contributed by atoms with van der Waals surface area (Å²) >= 11 is 0. The minimum Gasteiger partial charge on any atom is -0.369 e. The summed E-state index contributed by atoms with van der Waals surface area (Å²) in [5.74, 6) is 0.188. The molecule has 0 atom stereocenters. The largest absolute Gasteiger partial charge is 0.433 e. The molecule has 0 fully saturated rings. The Balaban J connectivity index is 1.46. The number of anilines is 1. The molecule has 3 aromatic rings. The molecule has 1 aromatic carbocycles. The van der Waals surface area contributed by atoms with Crippen LogP contribution in [-0.4, -0.2) is 39.5 Å². The molecule has 8 heteroatoms. The van der Waals surface area contributed by atoms with Gasteiger partial charge in [-0.25, -0.2) is 9.97 Å². The molecular formula is C21H20F3N5. The summed E-state index contributed by atoms with van der Waals surface area (Å²) in [5.41, 5.74) is 2.19. The van der Waals surface area contributed by atoms with E-state index in [1.807, 2.05) is 12.1 Å². The number of benzene rings is 1. The Kier molecular flexibility index (Phi) is 5.44. The third-order valence-corrected chi connectivity index (χ3v) is 4.90. The minimum atomic E-state index is -4.54. The van der Waals surface area contributed by atoms with E-state index in [1.165, 1.54) is 23.5 Å². The number of rotatable bonds is 5. The van der Waals surface area contributed by atoms with Crippen molar-refractivity contribution in [1.29, 1.82) is 0 Å². The third-order valence-electron chi connectivity index (χ3n) is 4.90. The zero-order chi connectivity index (χ0) is 20.3. The summed E-state index contributed by atoms with van der Waals surface area (Å²) in [4.78, 5) is 14.1. The quantitative estimate of drug-likeness (QED) is 0.702. The summed E-state index contributed by atoms with van der Waals surface area (Å²) in [6.07, 6.45) is -0.563. The zero-order valence-corrected chi connectivity index (χ0v) is 15.7. The first kappa shape index (κ1) is 19.3. The number of nitrogens with zero attached hydrogens (tertiary/aromatic N) is 4. The van der Waals surface area contributed by atoms with E-state index in [9.17, 15) is 13.2 Å². The molecule has 1 aliphatic heterocycles. The number of alkyl halides is 3. The second-order valence-electron chi connectivity index (χ2n) is 6.92. The Hall–Kier alpha value is -3.00. The lowest BCUT2D eigenvalue weighted by Crippen LogP contribution is -2.34. The smallest absolute Gasteiger partial charge is 0.369 e. The molecule has 150 valence electrons. The molecule has 2 aromatic heterocycles. The van der Waals surface area contributed by atoms with Crippen molar-refractivity contribution in [3.05, 3.63) is 71.7 Å². The van der Waals surface area contributed by atoms with Gasteiger partial charge in [0.25, 0.3) is 0 Å². The Morgan fingerprint density at radius 2 is 1.76 bits per heavy atom. The number of aromatic nitrogens is 3. The van der Waals surface area contributed by atoms with Crippen LogP contribution in [0, 0.1) is 0 Å². The van der Waals surface area contributed by atoms with Crippen LogP contribution in [-0.2, 0) is 19.1 Å². The normalized spacial score (nSPS) is 14.4. The number of halogens is 3. The van der Waals surface area contributed by atoms with Crippen molar-refractivity contribution >= 4 is 5.82 Å². The number of nitrogens with one attached hydrogen (secondary N) is 1. The van der Waals surface area contributed by atoms with Gasteiger partial charge in [0.2, 0.25) is 0 Å². The van der Waals surface area contributed by atoms with Crippen LogP contribution in [0.4, 0.5) is 19.0 Å². The lowest BCUT2D eigenvalue weighted by Gasteiger charge is -2.28. The molecule has 0 amide bonds. The highest BCUT2D eigenvalue weighted by Crippen LogP contribution is 2.30. The second-order valence-corrected chi connectivity index (χ2v) is 6.92. The van der Waals surface area contributed by atoms with Gasteiger partial charge < -0.3 is 5.32 Å². The Morgan fingerprint density at radius 3 is 2.52 bits per heavy atom. The van der Waals surface area contributed by atoms with E-state index in [2.05, 4.69) is 37.3 Å². The van der Waals surface area contributed by atoms with Crippen molar-refractivity contribution in [3.63, 3.8) is 0 Å². The molecule has 1 N–H and O–H groups in total. The topological polar surface area (TPSA) is 53.9 Å². The lowest BCUT2D eigenvalue weighted by atomic mass is 10.00. The highest BCUT2D eigenvalue weighted by Gasteiger charge is 2.33. The van der Waals surface area contributed by atoms with Crippen molar-refractivity contribution in [3.8, 4) is 11.4 Å². The third kappa shape index (κ3) is 4.71. The van der Waals surface area contributed by atoms with Crippen molar-refractivity contribution in [2.45, 2.75) is 19.1 Å². The molecule has 0 unspecified atom stereocenters. The molecule has 0 saturated heterocycles. The predicted octanol–water partition coefficient (Wildman–Crippen LogP) is 4.03. The van der Waals surface area contributed by atoms with Crippen molar-refractivity contribution in [2.75, 3.05) is 25.0 Å². The fraction of sp³-hybridized carbons (Fsp3) is 0.286. The summed E-state index contributed by atoms with van der Waals surface area (Å²) in [6, 6.07) is 12.5. The Bertz CT molecular complexity index is 976. The van der Waals surface area contributed by atoms with E-state index in [0.29, 0.717) is 18.7 Å². The molecule has 5 nitrogen and oxygen atoms in total. The fourth-order valence-electron chi connectivity index (χ4n) is 3.40. The van der Waals surface area contributed by atoms with Crippen LogP contribution in [0.3, 0.4) is 0 Å². The first-order valence-corrected chi connectivity index (χ1v) is 9.39. The first-order valence-electron chi connectivity index (χ1n) is 9.39. The maximum absolute atomic E-state index is 13.3. The zero-order valence-electron chi connectivity index (χ0n) is 15.7. The molecule has 0 aliphatic carbocycles. The van der Waals surface area contributed by atoms with Gasteiger partial charge in [-0.05, 0) is 29.7 Å². The number of fused-ring (bicyclic) bond motifs is 1. The van der Waals surface area contributed by atoms with Crippen LogP contribution in [0.15, 0.2) is 54.9 Å². The molecule has 0 saturated carbocycles. The predicted molar refractivity (Wildman–Crippen MR) is 104 cm³/mol.